The van der Waals surface area contributed by atoms with E-state index in [0.29, 0.717) is 58.9 Å². The lowest BCUT2D eigenvalue weighted by Crippen LogP contribution is -2.67. The molecule has 0 amide bonds. The number of ether oxygens (including phenoxy) is 4. The van der Waals surface area contributed by atoms with Crippen molar-refractivity contribution in [1.82, 2.24) is 5.32 Å². The van der Waals surface area contributed by atoms with Crippen molar-refractivity contribution in [3.8, 4) is 0 Å². The SMILES string of the molecule is CCCCCCCCCCCC(=O)O[C@H](CCCCCCC)CCOC[C@@H](N)CO[Si](c1ccccc1)(c1ccccc1)C(C)(C)C.CCCCCCCCCCCCCCN[C@H](COCC[C@@H](CCCCCCC)OC(=O)CCCCCCCCCCC)CO[Si](c1ccccc1)(c1ccccc1)C(C)(C)C. The maximum absolute atomic E-state index is 13.0. The molecular formula is C96H166N2O8Si2. The molecule has 0 bridgehead atoms. The lowest BCUT2D eigenvalue weighted by atomic mass is 10.1. The summed E-state index contributed by atoms with van der Waals surface area (Å²) >= 11 is 0. The number of esters is 2. The Labute approximate surface area is 667 Å². The Hall–Kier alpha value is -3.99. The average molecular weight is 1530 g/mol. The molecule has 0 spiro atoms. The van der Waals surface area contributed by atoms with Crippen LogP contribution in [0.25, 0.3) is 0 Å². The van der Waals surface area contributed by atoms with Crippen LogP contribution in [-0.4, -0.2) is 99.1 Å². The number of hydrogen-bond acceptors (Lipinski definition) is 10. The van der Waals surface area contributed by atoms with Gasteiger partial charge in [-0.05, 0) is 82.3 Å². The van der Waals surface area contributed by atoms with Gasteiger partial charge in [0, 0.05) is 25.7 Å². The van der Waals surface area contributed by atoms with Crippen molar-refractivity contribution >= 4 is 49.3 Å². The molecule has 4 rings (SSSR count). The first kappa shape index (κ1) is 98.2. The van der Waals surface area contributed by atoms with Gasteiger partial charge in [0.05, 0.1) is 51.7 Å². The smallest absolute Gasteiger partial charge is 0.306 e. The largest absolute Gasteiger partial charge is 0.462 e. The van der Waals surface area contributed by atoms with Crippen molar-refractivity contribution < 1.29 is 37.4 Å². The summed E-state index contributed by atoms with van der Waals surface area (Å²) in [7, 11) is -5.33. The average Bonchev–Trinajstić information content (AvgIpc) is 0.756. The molecule has 10 nitrogen and oxygen atoms in total. The normalized spacial score (nSPS) is 13.2. The molecular weight excluding hydrogens is 1370 g/mol. The third-order valence-corrected chi connectivity index (χ3v) is 32.0. The number of unbranched alkanes of at least 4 members (excludes halogenated alkanes) is 35. The third-order valence-electron chi connectivity index (χ3n) is 22.0. The molecule has 0 radical (unpaired) electrons. The van der Waals surface area contributed by atoms with Crippen LogP contribution in [0.3, 0.4) is 0 Å². The number of hydrogen-bond donors (Lipinski definition) is 2. The molecule has 0 fully saturated rings. The second-order valence-electron chi connectivity index (χ2n) is 33.8. The summed E-state index contributed by atoms with van der Waals surface area (Å²) < 4.78 is 39.2. The Kier molecular flexibility index (Phi) is 57.7. The summed E-state index contributed by atoms with van der Waals surface area (Å²) in [5, 5.41) is 8.82. The van der Waals surface area contributed by atoms with Crippen LogP contribution in [0.2, 0.25) is 10.1 Å². The van der Waals surface area contributed by atoms with E-state index >= 15 is 0 Å². The van der Waals surface area contributed by atoms with E-state index in [4.69, 9.17) is 33.5 Å². The zero-order valence-electron chi connectivity index (χ0n) is 71.7. The molecule has 0 aliphatic rings. The highest BCUT2D eigenvalue weighted by molar-refractivity contribution is 7.00. The summed E-state index contributed by atoms with van der Waals surface area (Å²) in [6.45, 7) is 29.3. The van der Waals surface area contributed by atoms with Gasteiger partial charge in [-0.2, -0.15) is 0 Å². The lowest BCUT2D eigenvalue weighted by Gasteiger charge is -2.43. The van der Waals surface area contributed by atoms with E-state index in [9.17, 15) is 9.59 Å². The molecule has 0 aliphatic carbocycles. The standard InChI is InChI=1S/C55H97NO4Si.C41H69NO4Si/c1-7-10-13-16-18-20-21-22-24-26-29-38-46-56-50(49-59-61(55(4,5)6,52-40-33-30-34-41-52)53-42-35-31-36-43-53)48-58-47-45-51(39-32-27-15-12-9-3)60-54(57)44-37-28-25-23-19-17-14-11-8-2;1-6-8-10-12-13-14-15-17-25-31-40(43)46-37(26-20-16-11-9-7-2)32-33-44-34-36(42)35-45-47(41(3,4)5,38-27-21-18-22-28-38)39-29-23-19-24-30-39/h30-31,33-36,40-43,50-51,56H,7-29,32,37-39,44-49H2,1-6H3;18-19,21-24,27-30,36-37H,6-17,20,25-26,31-35,42H2,1-5H3/t50-,51-;36-,37-/m11/s1. The zero-order valence-corrected chi connectivity index (χ0v) is 73.7. The van der Waals surface area contributed by atoms with Crippen molar-refractivity contribution in [3.05, 3.63) is 121 Å². The van der Waals surface area contributed by atoms with Gasteiger partial charge in [0.25, 0.3) is 16.6 Å². The highest BCUT2D eigenvalue weighted by Crippen LogP contribution is 2.38. The first-order valence-electron chi connectivity index (χ1n) is 45.1. The van der Waals surface area contributed by atoms with Crippen LogP contribution < -0.4 is 31.8 Å². The van der Waals surface area contributed by atoms with Crippen molar-refractivity contribution in [2.24, 2.45) is 5.73 Å². The Morgan fingerprint density at radius 1 is 0.333 bits per heavy atom. The third kappa shape index (κ3) is 43.3. The fraction of sp³-hybridized carbons (Fsp3) is 0.729. The summed E-state index contributed by atoms with van der Waals surface area (Å²) in [6.07, 6.45) is 54.9. The van der Waals surface area contributed by atoms with Crippen molar-refractivity contribution in [1.29, 1.82) is 0 Å². The molecule has 0 aliphatic heterocycles. The molecule has 0 saturated carbocycles. The van der Waals surface area contributed by atoms with Gasteiger partial charge >= 0.3 is 11.9 Å². The molecule has 108 heavy (non-hydrogen) atoms. The van der Waals surface area contributed by atoms with Crippen LogP contribution in [0.5, 0.6) is 0 Å². The maximum Gasteiger partial charge on any atom is 0.306 e. The van der Waals surface area contributed by atoms with Gasteiger partial charge < -0.3 is 38.8 Å². The van der Waals surface area contributed by atoms with Crippen LogP contribution in [0, 0.1) is 0 Å². The Balaban J connectivity index is 0.000000579. The van der Waals surface area contributed by atoms with E-state index < -0.39 is 16.6 Å². The maximum atomic E-state index is 13.0. The van der Waals surface area contributed by atoms with E-state index in [1.807, 2.05) is 0 Å². The van der Waals surface area contributed by atoms with E-state index in [-0.39, 0.29) is 46.3 Å². The van der Waals surface area contributed by atoms with Gasteiger partial charge in [0.1, 0.15) is 12.2 Å². The van der Waals surface area contributed by atoms with E-state index in [1.165, 1.54) is 239 Å². The fourth-order valence-corrected chi connectivity index (χ4v) is 24.7. The quantitative estimate of drug-likeness (QED) is 0.0251. The summed E-state index contributed by atoms with van der Waals surface area (Å²) in [6, 6.07) is 43.1. The zero-order chi connectivity index (χ0) is 78.3. The van der Waals surface area contributed by atoms with Gasteiger partial charge in [0.2, 0.25) is 0 Å². The minimum atomic E-state index is -2.69. The van der Waals surface area contributed by atoms with Crippen LogP contribution in [-0.2, 0) is 37.4 Å². The Morgan fingerprint density at radius 2 is 0.602 bits per heavy atom. The van der Waals surface area contributed by atoms with Gasteiger partial charge in [-0.15, -0.1) is 0 Å². The minimum Gasteiger partial charge on any atom is -0.462 e. The minimum absolute atomic E-state index is 0.0258. The summed E-state index contributed by atoms with van der Waals surface area (Å²) in [5.41, 5.74) is 6.61. The van der Waals surface area contributed by atoms with Crippen LogP contribution in [0.1, 0.15) is 372 Å². The highest BCUT2D eigenvalue weighted by atomic mass is 28.4. The molecule has 4 aromatic carbocycles. The number of carbonyl (C=O) groups excluding carboxylic acids is 2. The van der Waals surface area contributed by atoms with E-state index in [1.54, 1.807) is 0 Å². The number of benzene rings is 4. The van der Waals surface area contributed by atoms with E-state index in [2.05, 4.69) is 203 Å². The van der Waals surface area contributed by atoms with Gasteiger partial charge in [-0.1, -0.05) is 422 Å². The predicted octanol–water partition coefficient (Wildman–Crippen LogP) is 24.3. The number of carbonyl (C=O) groups is 2. The van der Waals surface area contributed by atoms with Gasteiger partial charge in [-0.25, -0.2) is 0 Å². The molecule has 0 saturated heterocycles. The first-order valence-corrected chi connectivity index (χ1v) is 48.9. The second-order valence-corrected chi connectivity index (χ2v) is 42.4. The molecule has 0 aromatic heterocycles. The highest BCUT2D eigenvalue weighted by Gasteiger charge is 2.51. The second kappa shape index (κ2) is 63.4. The van der Waals surface area contributed by atoms with Crippen LogP contribution >= 0.6 is 0 Å². The fourth-order valence-electron chi connectivity index (χ4n) is 15.5. The topological polar surface area (TPSA) is 128 Å². The monoisotopic (exact) mass is 1530 g/mol. The lowest BCUT2D eigenvalue weighted by molar-refractivity contribution is -0.151. The van der Waals surface area contributed by atoms with E-state index in [0.717, 1.165) is 64.3 Å². The molecule has 0 heterocycles. The van der Waals surface area contributed by atoms with Gasteiger partial charge in [0.15, 0.2) is 0 Å². The number of rotatable bonds is 68. The summed E-state index contributed by atoms with van der Waals surface area (Å²) in [5.74, 6) is -0.0796. The van der Waals surface area contributed by atoms with Gasteiger partial charge in [-0.3, -0.25) is 9.59 Å². The van der Waals surface area contributed by atoms with Crippen LogP contribution in [0.15, 0.2) is 121 Å². The Bertz CT molecular complexity index is 2600. The van der Waals surface area contributed by atoms with Crippen molar-refractivity contribution in [2.75, 3.05) is 46.2 Å². The Morgan fingerprint density at radius 3 is 0.907 bits per heavy atom. The van der Waals surface area contributed by atoms with Crippen molar-refractivity contribution in [2.45, 2.75) is 406 Å². The van der Waals surface area contributed by atoms with Crippen LogP contribution in [0.4, 0.5) is 0 Å². The molecule has 0 unspecified atom stereocenters. The molecule has 4 atom stereocenters. The van der Waals surface area contributed by atoms with Crippen molar-refractivity contribution in [3.63, 3.8) is 0 Å². The predicted molar refractivity (Wildman–Crippen MR) is 469 cm³/mol. The number of nitrogens with two attached hydrogens (primary N) is 1. The first-order chi connectivity index (χ1) is 52.5. The number of nitrogens with one attached hydrogen (secondary N) is 1. The molecule has 12 heteroatoms. The summed E-state index contributed by atoms with van der Waals surface area (Å²) in [4.78, 5) is 25.8. The molecule has 616 valence electrons. The molecule has 3 N–H and O–H groups in total. The molecule has 4 aromatic rings.